The molecule has 0 atom stereocenters. The lowest BCUT2D eigenvalue weighted by molar-refractivity contribution is 1.60. The second-order valence-electron chi connectivity index (χ2n) is 8.25. The highest BCUT2D eigenvalue weighted by Crippen LogP contribution is 2.33. The molecule has 0 nitrogen and oxygen atoms in total. The Balaban J connectivity index is 1.38. The van der Waals surface area contributed by atoms with Crippen LogP contribution >= 0.6 is 0 Å². The first-order valence-corrected chi connectivity index (χ1v) is 11.0. The third-order valence-corrected chi connectivity index (χ3v) is 6.27. The van der Waals surface area contributed by atoms with E-state index in [1.54, 1.807) is 0 Å². The fourth-order valence-corrected chi connectivity index (χ4v) is 4.55. The summed E-state index contributed by atoms with van der Waals surface area (Å²) in [5.74, 6) is 0. The van der Waals surface area contributed by atoms with Crippen LogP contribution < -0.4 is 0 Å². The molecule has 6 aromatic rings. The Morgan fingerprint density at radius 2 is 0.594 bits per heavy atom. The lowest BCUT2D eigenvalue weighted by Gasteiger charge is -2.10. The van der Waals surface area contributed by atoms with Crippen LogP contribution in [0.4, 0.5) is 0 Å². The van der Waals surface area contributed by atoms with Crippen molar-refractivity contribution < 1.29 is 0 Å². The van der Waals surface area contributed by atoms with E-state index in [1.807, 2.05) is 0 Å². The van der Waals surface area contributed by atoms with E-state index in [4.69, 9.17) is 0 Å². The summed E-state index contributed by atoms with van der Waals surface area (Å²) in [4.78, 5) is 0. The smallest absolute Gasteiger partial charge is 0.0105 e. The zero-order chi connectivity index (χ0) is 21.3. The fourth-order valence-electron chi connectivity index (χ4n) is 4.55. The molecule has 6 rings (SSSR count). The molecule has 6 aromatic carbocycles. The molecule has 32 heavy (non-hydrogen) atoms. The van der Waals surface area contributed by atoms with Crippen LogP contribution in [0.5, 0.6) is 0 Å². The predicted octanol–water partition coefficient (Wildman–Crippen LogP) is 8.99. The molecular weight excluding hydrogens is 384 g/mol. The van der Waals surface area contributed by atoms with Crippen molar-refractivity contribution in [3.8, 4) is 33.4 Å². The quantitative estimate of drug-likeness (QED) is 0.257. The summed E-state index contributed by atoms with van der Waals surface area (Å²) in [6.45, 7) is 0. The van der Waals surface area contributed by atoms with Crippen LogP contribution in [0.2, 0.25) is 0 Å². The first-order valence-electron chi connectivity index (χ1n) is 11.0. The van der Waals surface area contributed by atoms with Gasteiger partial charge in [-0.1, -0.05) is 121 Å². The summed E-state index contributed by atoms with van der Waals surface area (Å²) in [5, 5.41) is 5.15. The van der Waals surface area contributed by atoms with Crippen molar-refractivity contribution in [2.24, 2.45) is 0 Å². The van der Waals surface area contributed by atoms with Crippen LogP contribution in [0.1, 0.15) is 0 Å². The predicted molar refractivity (Wildman–Crippen MR) is 138 cm³/mol. The Morgan fingerprint density at radius 3 is 1.06 bits per heavy atom. The Labute approximate surface area is 188 Å². The minimum Gasteiger partial charge on any atom is -0.0622 e. The molecule has 0 heterocycles. The van der Waals surface area contributed by atoms with Crippen LogP contribution in [0.15, 0.2) is 133 Å². The molecule has 0 amide bonds. The highest BCUT2D eigenvalue weighted by molar-refractivity contribution is 6.09. The van der Waals surface area contributed by atoms with Crippen molar-refractivity contribution in [2.45, 2.75) is 0 Å². The number of fused-ring (bicyclic) bond motifs is 3. The van der Waals surface area contributed by atoms with Gasteiger partial charge in [-0.05, 0) is 67.1 Å². The Kier molecular flexibility index (Phi) is 4.55. The second-order valence-corrected chi connectivity index (χ2v) is 8.25. The van der Waals surface area contributed by atoms with Crippen molar-refractivity contribution in [2.75, 3.05) is 0 Å². The third-order valence-electron chi connectivity index (χ3n) is 6.27. The summed E-state index contributed by atoms with van der Waals surface area (Å²) in [7, 11) is 0. The number of rotatable bonds is 3. The van der Waals surface area contributed by atoms with Gasteiger partial charge in [-0.15, -0.1) is 0 Å². The summed E-state index contributed by atoms with van der Waals surface area (Å²) < 4.78 is 0. The molecular formula is C32H22. The van der Waals surface area contributed by atoms with Crippen LogP contribution in [0.3, 0.4) is 0 Å². The van der Waals surface area contributed by atoms with E-state index < -0.39 is 0 Å². The van der Waals surface area contributed by atoms with Crippen molar-refractivity contribution in [1.82, 2.24) is 0 Å². The summed E-state index contributed by atoms with van der Waals surface area (Å²) in [5.41, 5.74) is 7.49. The Morgan fingerprint density at radius 1 is 0.250 bits per heavy atom. The van der Waals surface area contributed by atoms with Gasteiger partial charge < -0.3 is 0 Å². The van der Waals surface area contributed by atoms with Crippen LogP contribution in [-0.2, 0) is 0 Å². The molecule has 0 aliphatic carbocycles. The van der Waals surface area contributed by atoms with Gasteiger partial charge in [0.25, 0.3) is 0 Å². The monoisotopic (exact) mass is 406 g/mol. The van der Waals surface area contributed by atoms with Gasteiger partial charge in [0.15, 0.2) is 0 Å². The molecule has 0 fully saturated rings. The zero-order valence-electron chi connectivity index (χ0n) is 17.7. The van der Waals surface area contributed by atoms with Gasteiger partial charge in [0.1, 0.15) is 0 Å². The number of hydrogen-bond donors (Lipinski definition) is 0. The van der Waals surface area contributed by atoms with Crippen LogP contribution in [-0.4, -0.2) is 0 Å². The molecule has 0 N–H and O–H groups in total. The molecule has 0 spiro atoms. The van der Waals surface area contributed by atoms with Gasteiger partial charge in [0, 0.05) is 0 Å². The summed E-state index contributed by atoms with van der Waals surface area (Å²) in [6, 6.07) is 48.0. The van der Waals surface area contributed by atoms with Crippen LogP contribution in [0.25, 0.3) is 54.9 Å². The topological polar surface area (TPSA) is 0 Å². The molecule has 0 unspecified atom stereocenters. The maximum Gasteiger partial charge on any atom is -0.0105 e. The minimum absolute atomic E-state index is 1.24. The molecule has 0 saturated carbocycles. The Bertz CT molecular complexity index is 1530. The van der Waals surface area contributed by atoms with E-state index in [0.717, 1.165) is 0 Å². The normalized spacial score (nSPS) is 11.1. The molecule has 0 aliphatic heterocycles. The average molecular weight is 407 g/mol. The van der Waals surface area contributed by atoms with Gasteiger partial charge in [-0.2, -0.15) is 0 Å². The van der Waals surface area contributed by atoms with Gasteiger partial charge in [-0.3, -0.25) is 0 Å². The average Bonchev–Trinajstić information content (AvgIpc) is 2.89. The zero-order valence-corrected chi connectivity index (χ0v) is 17.7. The highest BCUT2D eigenvalue weighted by Gasteiger charge is 2.06. The Hall–Kier alpha value is -4.16. The molecule has 0 radical (unpaired) electrons. The van der Waals surface area contributed by atoms with E-state index in [-0.39, 0.29) is 0 Å². The lowest BCUT2D eigenvalue weighted by atomic mass is 9.94. The van der Waals surface area contributed by atoms with E-state index in [1.165, 1.54) is 54.9 Å². The molecule has 0 heteroatoms. The van der Waals surface area contributed by atoms with E-state index in [9.17, 15) is 0 Å². The van der Waals surface area contributed by atoms with Crippen molar-refractivity contribution in [3.63, 3.8) is 0 Å². The highest BCUT2D eigenvalue weighted by atomic mass is 14.1. The third kappa shape index (κ3) is 3.36. The van der Waals surface area contributed by atoms with E-state index >= 15 is 0 Å². The number of hydrogen-bond acceptors (Lipinski definition) is 0. The molecule has 0 saturated heterocycles. The van der Waals surface area contributed by atoms with E-state index in [0.29, 0.717) is 0 Å². The number of benzene rings is 6. The van der Waals surface area contributed by atoms with Crippen molar-refractivity contribution in [3.05, 3.63) is 133 Å². The largest absolute Gasteiger partial charge is 0.0622 e. The lowest BCUT2D eigenvalue weighted by Crippen LogP contribution is -1.84. The maximum atomic E-state index is 2.30. The minimum atomic E-state index is 1.24. The first kappa shape index (κ1) is 18.6. The molecule has 0 aromatic heterocycles. The fraction of sp³-hybridized carbons (Fsp3) is 0. The SMILES string of the molecule is c1ccc(-c2ccc(-c3ccc4c(ccc5cc(-c6ccccc6)ccc54)c3)cc2)cc1. The van der Waals surface area contributed by atoms with Gasteiger partial charge in [-0.25, -0.2) is 0 Å². The first-order chi connectivity index (χ1) is 15.8. The standard InChI is InChI=1S/C32H22/c1-3-7-23(8-4-1)25-11-13-26(14-12-25)28-18-20-32-30(22-28)16-15-29-21-27(17-19-31(29)32)24-9-5-2-6-10-24/h1-22H. The van der Waals surface area contributed by atoms with Gasteiger partial charge >= 0.3 is 0 Å². The molecule has 150 valence electrons. The van der Waals surface area contributed by atoms with E-state index in [2.05, 4.69) is 133 Å². The molecule has 0 aliphatic rings. The second kappa shape index (κ2) is 7.83. The maximum absolute atomic E-state index is 2.30. The summed E-state index contributed by atoms with van der Waals surface area (Å²) in [6.07, 6.45) is 0. The van der Waals surface area contributed by atoms with Crippen LogP contribution in [0, 0.1) is 0 Å². The summed E-state index contributed by atoms with van der Waals surface area (Å²) >= 11 is 0. The molecule has 0 bridgehead atoms. The van der Waals surface area contributed by atoms with Gasteiger partial charge in [0.05, 0.1) is 0 Å². The van der Waals surface area contributed by atoms with Crippen molar-refractivity contribution in [1.29, 1.82) is 0 Å². The van der Waals surface area contributed by atoms with Gasteiger partial charge in [0.2, 0.25) is 0 Å². The van der Waals surface area contributed by atoms with Crippen molar-refractivity contribution >= 4 is 21.5 Å².